The van der Waals surface area contributed by atoms with Gasteiger partial charge in [0.05, 0.1) is 23.7 Å². The maximum atomic E-state index is 15.1. The summed E-state index contributed by atoms with van der Waals surface area (Å²) in [6.07, 6.45) is 0.504. The Morgan fingerprint density at radius 1 is 1.24 bits per heavy atom. The van der Waals surface area contributed by atoms with E-state index in [0.717, 1.165) is 0 Å². The van der Waals surface area contributed by atoms with Gasteiger partial charge >= 0.3 is 7.12 Å². The topological polar surface area (TPSA) is 60.0 Å². The van der Waals surface area contributed by atoms with Crippen molar-refractivity contribution in [3.05, 3.63) is 42.0 Å². The van der Waals surface area contributed by atoms with Crippen LogP contribution < -0.4 is 10.8 Å². The lowest BCUT2D eigenvalue weighted by atomic mass is 9.70. The molecule has 1 aromatic rings. The zero-order valence-corrected chi connectivity index (χ0v) is 17.7. The number of carbonyl (C=O) groups excluding carboxylic acids is 1. The summed E-state index contributed by atoms with van der Waals surface area (Å²) in [6.45, 7) is 12.5. The molecule has 0 spiro atoms. The summed E-state index contributed by atoms with van der Waals surface area (Å²) in [7, 11) is 1.05. The van der Waals surface area contributed by atoms with E-state index in [1.54, 1.807) is 19.2 Å². The zero-order chi connectivity index (χ0) is 21.2. The number of nitrogens with one attached hydrogen (secondary N) is 1. The second-order valence-corrected chi connectivity index (χ2v) is 9.16. The molecular weight excluding hydrogens is 374 g/mol. The van der Waals surface area contributed by atoms with E-state index in [1.807, 2.05) is 27.7 Å². The van der Waals surface area contributed by atoms with Crippen LogP contribution >= 0.6 is 0 Å². The highest BCUT2D eigenvalue weighted by molar-refractivity contribution is 6.62. The van der Waals surface area contributed by atoms with Crippen LogP contribution in [0.4, 0.5) is 4.39 Å². The average molecular weight is 402 g/mol. The van der Waals surface area contributed by atoms with Gasteiger partial charge in [0, 0.05) is 19.2 Å². The summed E-state index contributed by atoms with van der Waals surface area (Å²) in [5, 5.41) is 3.28. The molecule has 6 nitrogen and oxygen atoms in total. The third-order valence-electron chi connectivity index (χ3n) is 6.87. The summed E-state index contributed by atoms with van der Waals surface area (Å²) in [5.74, 6) is -0.511. The molecule has 2 atom stereocenters. The predicted octanol–water partition coefficient (Wildman–Crippen LogP) is 1.89. The molecular formula is C21H28BFN2O4. The first-order chi connectivity index (χ1) is 13.5. The molecule has 1 aromatic carbocycles. The highest BCUT2D eigenvalue weighted by Gasteiger charge is 2.55. The summed E-state index contributed by atoms with van der Waals surface area (Å²) >= 11 is 0. The van der Waals surface area contributed by atoms with Crippen molar-refractivity contribution in [3.63, 3.8) is 0 Å². The Morgan fingerprint density at radius 3 is 2.55 bits per heavy atom. The third-order valence-corrected chi connectivity index (χ3v) is 6.87. The van der Waals surface area contributed by atoms with Crippen LogP contribution in [0.2, 0.25) is 0 Å². The van der Waals surface area contributed by atoms with Crippen molar-refractivity contribution in [1.29, 1.82) is 0 Å². The van der Waals surface area contributed by atoms with Crippen LogP contribution in [0.15, 0.2) is 30.6 Å². The fourth-order valence-electron chi connectivity index (χ4n) is 4.29. The number of rotatable bonds is 2. The molecule has 156 valence electrons. The quantitative estimate of drug-likeness (QED) is 0.766. The van der Waals surface area contributed by atoms with Crippen LogP contribution in [-0.2, 0) is 24.4 Å². The number of ether oxygens (including phenoxy) is 1. The molecule has 0 saturated carbocycles. The van der Waals surface area contributed by atoms with Crippen molar-refractivity contribution in [2.75, 3.05) is 20.3 Å². The molecule has 4 rings (SSSR count). The molecule has 0 radical (unpaired) electrons. The SMILES string of the molecule is C=C1N[C@@]2(c3cc(B4OC(C)(C)C(C)(C)O4)ccc3F)COCC[C@H]2C(=O)N1C. The molecule has 3 saturated heterocycles. The molecule has 3 aliphatic heterocycles. The lowest BCUT2D eigenvalue weighted by Crippen LogP contribution is -2.65. The first kappa shape index (κ1) is 20.4. The fourth-order valence-corrected chi connectivity index (χ4v) is 4.29. The van der Waals surface area contributed by atoms with E-state index in [-0.39, 0.29) is 12.5 Å². The first-order valence-electron chi connectivity index (χ1n) is 9.96. The maximum absolute atomic E-state index is 15.1. The molecule has 3 aliphatic rings. The van der Waals surface area contributed by atoms with Crippen LogP contribution in [0.5, 0.6) is 0 Å². The van der Waals surface area contributed by atoms with E-state index >= 15 is 4.39 Å². The van der Waals surface area contributed by atoms with Gasteiger partial charge in [0.2, 0.25) is 5.91 Å². The maximum Gasteiger partial charge on any atom is 0.494 e. The van der Waals surface area contributed by atoms with Crippen molar-refractivity contribution in [1.82, 2.24) is 10.2 Å². The number of hydrogen-bond acceptors (Lipinski definition) is 5. The molecule has 0 unspecified atom stereocenters. The number of amides is 1. The van der Waals surface area contributed by atoms with Gasteiger partial charge in [-0.15, -0.1) is 0 Å². The highest BCUT2D eigenvalue weighted by atomic mass is 19.1. The van der Waals surface area contributed by atoms with E-state index in [2.05, 4.69) is 11.9 Å². The molecule has 0 bridgehead atoms. The minimum atomic E-state index is -1.01. The molecule has 0 aromatic heterocycles. The van der Waals surface area contributed by atoms with Crippen LogP contribution in [-0.4, -0.2) is 49.4 Å². The summed E-state index contributed by atoms with van der Waals surface area (Å²) in [5.41, 5.74) is -0.939. The molecule has 8 heteroatoms. The second-order valence-electron chi connectivity index (χ2n) is 9.16. The van der Waals surface area contributed by atoms with Gasteiger partial charge < -0.3 is 24.3 Å². The first-order valence-corrected chi connectivity index (χ1v) is 9.96. The van der Waals surface area contributed by atoms with Gasteiger partial charge in [-0.05, 0) is 45.6 Å². The third kappa shape index (κ3) is 3.00. The Balaban J connectivity index is 1.78. The van der Waals surface area contributed by atoms with Crippen LogP contribution in [0.3, 0.4) is 0 Å². The van der Waals surface area contributed by atoms with Gasteiger partial charge in [-0.3, -0.25) is 4.79 Å². The second kappa shape index (κ2) is 6.55. The van der Waals surface area contributed by atoms with Crippen molar-refractivity contribution >= 4 is 18.5 Å². The molecule has 1 amide bonds. The van der Waals surface area contributed by atoms with E-state index in [0.29, 0.717) is 29.9 Å². The molecule has 3 fully saturated rings. The van der Waals surface area contributed by atoms with E-state index < -0.39 is 35.6 Å². The minimum absolute atomic E-state index is 0.0857. The lowest BCUT2D eigenvalue weighted by molar-refractivity contribution is -0.147. The molecule has 29 heavy (non-hydrogen) atoms. The number of carbonyl (C=O) groups is 1. The van der Waals surface area contributed by atoms with Crippen molar-refractivity contribution < 1.29 is 23.2 Å². The Kier molecular flexibility index (Phi) is 4.61. The summed E-state index contributed by atoms with van der Waals surface area (Å²) < 4.78 is 33.1. The van der Waals surface area contributed by atoms with E-state index in [4.69, 9.17) is 14.0 Å². The number of halogens is 1. The van der Waals surface area contributed by atoms with Gasteiger partial charge in [0.1, 0.15) is 17.2 Å². The summed E-state index contributed by atoms with van der Waals surface area (Å²) in [6, 6.07) is 4.81. The minimum Gasteiger partial charge on any atom is -0.399 e. The molecule has 1 N–H and O–H groups in total. The van der Waals surface area contributed by atoms with Crippen LogP contribution in [0, 0.1) is 11.7 Å². The van der Waals surface area contributed by atoms with Crippen LogP contribution in [0.1, 0.15) is 39.7 Å². The number of hydrogen-bond donors (Lipinski definition) is 1. The zero-order valence-electron chi connectivity index (χ0n) is 17.7. The average Bonchev–Trinajstić information content (AvgIpc) is 2.87. The van der Waals surface area contributed by atoms with Gasteiger partial charge in [0.25, 0.3) is 0 Å². The van der Waals surface area contributed by atoms with Gasteiger partial charge in [-0.2, -0.15) is 0 Å². The Labute approximate surface area is 171 Å². The lowest BCUT2D eigenvalue weighted by Gasteiger charge is -2.50. The predicted molar refractivity (Wildman–Crippen MR) is 108 cm³/mol. The molecule has 3 heterocycles. The number of benzene rings is 1. The Hall–Kier alpha value is -1.90. The smallest absolute Gasteiger partial charge is 0.399 e. The van der Waals surface area contributed by atoms with E-state index in [1.165, 1.54) is 11.0 Å². The Bertz CT molecular complexity index is 858. The van der Waals surface area contributed by atoms with Gasteiger partial charge in [0.15, 0.2) is 0 Å². The largest absolute Gasteiger partial charge is 0.494 e. The highest BCUT2D eigenvalue weighted by Crippen LogP contribution is 2.42. The van der Waals surface area contributed by atoms with Crippen molar-refractivity contribution in [3.8, 4) is 0 Å². The number of fused-ring (bicyclic) bond motifs is 1. The normalized spacial score (nSPS) is 30.9. The van der Waals surface area contributed by atoms with Crippen molar-refractivity contribution in [2.24, 2.45) is 5.92 Å². The monoisotopic (exact) mass is 402 g/mol. The van der Waals surface area contributed by atoms with Crippen molar-refractivity contribution in [2.45, 2.75) is 50.9 Å². The number of nitrogens with zero attached hydrogens (tertiary/aromatic N) is 1. The Morgan fingerprint density at radius 2 is 1.90 bits per heavy atom. The fraction of sp³-hybridized carbons (Fsp3) is 0.571. The van der Waals surface area contributed by atoms with E-state index in [9.17, 15) is 4.79 Å². The molecule has 0 aliphatic carbocycles. The summed E-state index contributed by atoms with van der Waals surface area (Å²) in [4.78, 5) is 14.5. The van der Waals surface area contributed by atoms with Crippen LogP contribution in [0.25, 0.3) is 0 Å². The van der Waals surface area contributed by atoms with Gasteiger partial charge in [-0.25, -0.2) is 4.39 Å². The standard InChI is InChI=1S/C21H28BFN2O4/c1-13-24-21(12-27-10-9-15(21)18(26)25(13)6)16-11-14(7-8-17(16)23)22-28-19(2,3)20(4,5)29-22/h7-8,11,15,24H,1,9-10,12H2,2-6H3/t15-,21-/m0/s1. The van der Waals surface area contributed by atoms with Gasteiger partial charge in [-0.1, -0.05) is 18.7 Å².